The molecular formula is C12H14BrFO3. The van der Waals surface area contributed by atoms with Crippen molar-refractivity contribution >= 4 is 21.9 Å². The lowest BCUT2D eigenvalue weighted by Crippen LogP contribution is -2.39. The molecule has 0 spiro atoms. The van der Waals surface area contributed by atoms with Crippen molar-refractivity contribution in [2.45, 2.75) is 26.9 Å². The van der Waals surface area contributed by atoms with Gasteiger partial charge in [-0.05, 0) is 28.1 Å². The fraction of sp³-hybridized carbons (Fsp3) is 0.417. The summed E-state index contributed by atoms with van der Waals surface area (Å²) in [5.74, 6) is -1.36. The minimum atomic E-state index is -1.08. The van der Waals surface area contributed by atoms with E-state index in [-0.39, 0.29) is 5.75 Å². The number of halogens is 2. The molecule has 17 heavy (non-hydrogen) atoms. The largest absolute Gasteiger partial charge is 0.478 e. The lowest BCUT2D eigenvalue weighted by atomic mass is 9.89. The highest BCUT2D eigenvalue weighted by Gasteiger charge is 2.33. The molecule has 0 amide bonds. The molecule has 1 atom stereocenters. The van der Waals surface area contributed by atoms with Gasteiger partial charge in [0.2, 0.25) is 0 Å². The van der Waals surface area contributed by atoms with Gasteiger partial charge in [-0.1, -0.05) is 20.8 Å². The Morgan fingerprint density at radius 3 is 2.53 bits per heavy atom. The number of ether oxygens (including phenoxy) is 1. The second-order valence-corrected chi connectivity index (χ2v) is 5.63. The molecule has 1 N–H and O–H groups in total. The Kier molecular flexibility index (Phi) is 4.14. The maximum absolute atomic E-state index is 13.0. The average molecular weight is 305 g/mol. The Morgan fingerprint density at radius 1 is 1.47 bits per heavy atom. The average Bonchev–Trinajstić information content (AvgIpc) is 2.17. The lowest BCUT2D eigenvalue weighted by Gasteiger charge is -2.27. The van der Waals surface area contributed by atoms with E-state index in [9.17, 15) is 9.18 Å². The highest BCUT2D eigenvalue weighted by Crippen LogP contribution is 2.30. The third kappa shape index (κ3) is 3.70. The molecule has 0 bridgehead atoms. The van der Waals surface area contributed by atoms with Crippen LogP contribution in [-0.2, 0) is 4.79 Å². The molecule has 1 unspecified atom stereocenters. The van der Waals surface area contributed by atoms with Gasteiger partial charge in [0.05, 0.1) is 4.47 Å². The molecule has 0 fully saturated rings. The quantitative estimate of drug-likeness (QED) is 0.930. The molecule has 1 rings (SSSR count). The molecule has 0 heterocycles. The number of carboxylic acids is 1. The van der Waals surface area contributed by atoms with Crippen molar-refractivity contribution in [3.63, 3.8) is 0 Å². The van der Waals surface area contributed by atoms with Gasteiger partial charge in [-0.3, -0.25) is 0 Å². The van der Waals surface area contributed by atoms with Crippen LogP contribution >= 0.6 is 15.9 Å². The van der Waals surface area contributed by atoms with E-state index in [1.165, 1.54) is 12.1 Å². The topological polar surface area (TPSA) is 46.5 Å². The molecule has 94 valence electrons. The van der Waals surface area contributed by atoms with Crippen molar-refractivity contribution in [3.05, 3.63) is 28.5 Å². The maximum Gasteiger partial charge on any atom is 0.345 e. The summed E-state index contributed by atoms with van der Waals surface area (Å²) in [4.78, 5) is 11.1. The predicted molar refractivity (Wildman–Crippen MR) is 65.6 cm³/mol. The molecule has 0 saturated carbocycles. The summed E-state index contributed by atoms with van der Waals surface area (Å²) in [5, 5.41) is 9.10. The van der Waals surface area contributed by atoms with Crippen LogP contribution in [0.4, 0.5) is 4.39 Å². The van der Waals surface area contributed by atoms with Gasteiger partial charge < -0.3 is 9.84 Å². The van der Waals surface area contributed by atoms with Gasteiger partial charge >= 0.3 is 5.97 Å². The summed E-state index contributed by atoms with van der Waals surface area (Å²) in [6.45, 7) is 5.25. The lowest BCUT2D eigenvalue weighted by molar-refractivity contribution is -0.150. The first-order valence-corrected chi connectivity index (χ1v) is 5.85. The zero-order valence-electron chi connectivity index (χ0n) is 9.83. The number of aliphatic carboxylic acids is 1. The van der Waals surface area contributed by atoms with Crippen molar-refractivity contribution in [2.24, 2.45) is 5.41 Å². The van der Waals surface area contributed by atoms with Crippen molar-refractivity contribution in [1.29, 1.82) is 0 Å². The molecule has 0 aliphatic carbocycles. The van der Waals surface area contributed by atoms with Crippen molar-refractivity contribution in [1.82, 2.24) is 0 Å². The van der Waals surface area contributed by atoms with Crippen LogP contribution in [0.25, 0.3) is 0 Å². The molecule has 5 heteroatoms. The monoisotopic (exact) mass is 304 g/mol. The highest BCUT2D eigenvalue weighted by atomic mass is 79.9. The number of hydrogen-bond acceptors (Lipinski definition) is 2. The molecule has 1 aromatic carbocycles. The fourth-order valence-corrected chi connectivity index (χ4v) is 1.63. The van der Waals surface area contributed by atoms with Crippen LogP contribution in [0.15, 0.2) is 22.7 Å². The highest BCUT2D eigenvalue weighted by molar-refractivity contribution is 9.10. The molecule has 0 aliphatic heterocycles. The van der Waals surface area contributed by atoms with Gasteiger partial charge in [0.15, 0.2) is 6.10 Å². The third-order valence-corrected chi connectivity index (χ3v) is 2.80. The Labute approximate surface area is 108 Å². The van der Waals surface area contributed by atoms with Crippen molar-refractivity contribution in [2.75, 3.05) is 0 Å². The standard InChI is InChI=1S/C12H14BrFO3/c1-12(2,3)10(11(15)16)17-9-6-7(14)4-5-8(9)13/h4-6,10H,1-3H3,(H,15,16). The minimum Gasteiger partial charge on any atom is -0.478 e. The second-order valence-electron chi connectivity index (χ2n) is 4.78. The number of carboxylic acid groups (broad SMARTS) is 1. The normalized spacial score (nSPS) is 13.2. The molecule has 3 nitrogen and oxygen atoms in total. The number of carbonyl (C=O) groups is 1. The van der Waals surface area contributed by atoms with E-state index in [0.717, 1.165) is 6.07 Å². The summed E-state index contributed by atoms with van der Waals surface area (Å²) >= 11 is 3.19. The van der Waals surface area contributed by atoms with Gasteiger partial charge in [0.25, 0.3) is 0 Å². The van der Waals surface area contributed by atoms with Crippen molar-refractivity contribution < 1.29 is 19.0 Å². The van der Waals surface area contributed by atoms with E-state index in [4.69, 9.17) is 9.84 Å². The van der Waals surface area contributed by atoms with E-state index in [2.05, 4.69) is 15.9 Å². The zero-order valence-corrected chi connectivity index (χ0v) is 11.4. The van der Waals surface area contributed by atoms with E-state index >= 15 is 0 Å². The Balaban J connectivity index is 3.02. The van der Waals surface area contributed by atoms with Crippen molar-refractivity contribution in [3.8, 4) is 5.75 Å². The second kappa shape index (κ2) is 5.04. The smallest absolute Gasteiger partial charge is 0.345 e. The van der Waals surface area contributed by atoms with Gasteiger partial charge in [0, 0.05) is 11.5 Å². The van der Waals surface area contributed by atoms with E-state index in [1.54, 1.807) is 20.8 Å². The van der Waals surface area contributed by atoms with Crippen LogP contribution in [0.3, 0.4) is 0 Å². The van der Waals surface area contributed by atoms with E-state index in [1.807, 2.05) is 0 Å². The SMILES string of the molecule is CC(C)(C)C(Oc1cc(F)ccc1Br)C(=O)O. The summed E-state index contributed by atoms with van der Waals surface area (Å²) in [6.07, 6.45) is -1.04. The number of hydrogen-bond donors (Lipinski definition) is 1. The number of benzene rings is 1. The fourth-order valence-electron chi connectivity index (χ4n) is 1.29. The van der Waals surface area contributed by atoms with Crippen LogP contribution < -0.4 is 4.74 Å². The van der Waals surface area contributed by atoms with Gasteiger partial charge in [0.1, 0.15) is 11.6 Å². The van der Waals surface area contributed by atoms with Crippen LogP contribution in [0.2, 0.25) is 0 Å². The van der Waals surface area contributed by atoms with Crippen LogP contribution in [-0.4, -0.2) is 17.2 Å². The van der Waals surface area contributed by atoms with Gasteiger partial charge in [-0.15, -0.1) is 0 Å². The zero-order chi connectivity index (χ0) is 13.2. The molecule has 1 aromatic rings. The van der Waals surface area contributed by atoms with E-state index in [0.29, 0.717) is 4.47 Å². The Morgan fingerprint density at radius 2 is 2.06 bits per heavy atom. The summed E-state index contributed by atoms with van der Waals surface area (Å²) in [7, 11) is 0. The first kappa shape index (κ1) is 14.0. The molecule has 0 aromatic heterocycles. The predicted octanol–water partition coefficient (Wildman–Crippen LogP) is 3.47. The Bertz CT molecular complexity index is 426. The first-order chi connectivity index (χ1) is 7.71. The van der Waals surface area contributed by atoms with Gasteiger partial charge in [-0.25, -0.2) is 9.18 Å². The molecule has 0 aliphatic rings. The first-order valence-electron chi connectivity index (χ1n) is 5.06. The maximum atomic E-state index is 13.0. The number of rotatable bonds is 3. The summed E-state index contributed by atoms with van der Waals surface area (Å²) in [5.41, 5.74) is -0.586. The summed E-state index contributed by atoms with van der Waals surface area (Å²) in [6, 6.07) is 3.90. The third-order valence-electron chi connectivity index (χ3n) is 2.15. The molecular weight excluding hydrogens is 291 g/mol. The van der Waals surface area contributed by atoms with Crippen LogP contribution in [0.1, 0.15) is 20.8 Å². The minimum absolute atomic E-state index is 0.187. The Hall–Kier alpha value is -1.10. The van der Waals surface area contributed by atoms with E-state index < -0.39 is 23.3 Å². The summed E-state index contributed by atoms with van der Waals surface area (Å²) < 4.78 is 18.9. The molecule has 0 saturated heterocycles. The van der Waals surface area contributed by atoms with Gasteiger partial charge in [-0.2, -0.15) is 0 Å². The van der Waals surface area contributed by atoms with Crippen LogP contribution in [0, 0.1) is 11.2 Å². The molecule has 0 radical (unpaired) electrons. The van der Waals surface area contributed by atoms with Crippen LogP contribution in [0.5, 0.6) is 5.75 Å².